The van der Waals surface area contributed by atoms with Crippen LogP contribution in [-0.2, 0) is 0 Å². The minimum absolute atomic E-state index is 0.578. The molecule has 0 saturated carbocycles. The van der Waals surface area contributed by atoms with Gasteiger partial charge in [0.15, 0.2) is 0 Å². The lowest BCUT2D eigenvalue weighted by Gasteiger charge is -2.01. The van der Waals surface area contributed by atoms with Crippen LogP contribution in [0.25, 0.3) is 10.8 Å². The highest BCUT2D eigenvalue weighted by Crippen LogP contribution is 2.25. The van der Waals surface area contributed by atoms with Crippen LogP contribution in [0, 0.1) is 0 Å². The Hall–Kier alpha value is -1.09. The number of hydrogen-bond acceptors (Lipinski definition) is 2. The summed E-state index contributed by atoms with van der Waals surface area (Å²) in [5.74, 6) is 0.578. The number of rotatable bonds is 0. The van der Waals surface area contributed by atoms with E-state index in [2.05, 4.69) is 20.9 Å². The maximum Gasteiger partial charge on any atom is 0.131 e. The van der Waals surface area contributed by atoms with Crippen LogP contribution in [0.3, 0.4) is 0 Å². The van der Waals surface area contributed by atoms with Crippen molar-refractivity contribution in [2.75, 3.05) is 5.73 Å². The number of aromatic nitrogens is 1. The van der Waals surface area contributed by atoms with E-state index < -0.39 is 0 Å². The van der Waals surface area contributed by atoms with Gasteiger partial charge < -0.3 is 5.73 Å². The lowest BCUT2D eigenvalue weighted by molar-refractivity contribution is 1.37. The number of nitrogens with zero attached hydrogens (tertiary/aromatic N) is 1. The smallest absolute Gasteiger partial charge is 0.131 e. The van der Waals surface area contributed by atoms with Crippen molar-refractivity contribution in [3.8, 4) is 0 Å². The Morgan fingerprint density at radius 1 is 1.17 bits per heavy atom. The van der Waals surface area contributed by atoms with Crippen LogP contribution in [0.2, 0.25) is 0 Å². The van der Waals surface area contributed by atoms with Crippen LogP contribution < -0.4 is 5.73 Å². The van der Waals surface area contributed by atoms with Gasteiger partial charge in [-0.15, -0.1) is 0 Å². The van der Waals surface area contributed by atoms with Gasteiger partial charge in [-0.25, -0.2) is 4.98 Å². The molecule has 0 radical (unpaired) electrons. The summed E-state index contributed by atoms with van der Waals surface area (Å²) in [6.07, 6.45) is 1.71. The molecule has 2 N–H and O–H groups in total. The molecule has 0 spiro atoms. The number of fused-ring (bicyclic) bond motifs is 1. The summed E-state index contributed by atoms with van der Waals surface area (Å²) in [4.78, 5) is 4.01. The van der Waals surface area contributed by atoms with Crippen LogP contribution in [-0.4, -0.2) is 4.98 Å². The molecule has 60 valence electrons. The summed E-state index contributed by atoms with van der Waals surface area (Å²) >= 11 is 3.45. The third kappa shape index (κ3) is 1.06. The fraction of sp³-hybridized carbons (Fsp3) is 0. The highest BCUT2D eigenvalue weighted by Gasteiger charge is 1.99. The first-order valence-corrected chi connectivity index (χ1v) is 4.37. The van der Waals surface area contributed by atoms with Gasteiger partial charge in [0.1, 0.15) is 5.82 Å². The van der Waals surface area contributed by atoms with Crippen LogP contribution in [0.15, 0.2) is 34.9 Å². The molecule has 1 aromatic carbocycles. The standard InChI is InChI=1S/C9H7BrN2/c10-8-3-1-2-7-6(8)4-5-12-9(7)11/h1-5H,(H2,11,12). The largest absolute Gasteiger partial charge is 0.383 e. The molecule has 2 nitrogen and oxygen atoms in total. The monoisotopic (exact) mass is 222 g/mol. The molecule has 0 aliphatic heterocycles. The van der Waals surface area contributed by atoms with Crippen LogP contribution in [0.5, 0.6) is 0 Å². The van der Waals surface area contributed by atoms with Gasteiger partial charge in [0.25, 0.3) is 0 Å². The third-order valence-electron chi connectivity index (χ3n) is 1.78. The number of hydrogen-bond donors (Lipinski definition) is 1. The summed E-state index contributed by atoms with van der Waals surface area (Å²) in [7, 11) is 0. The zero-order valence-corrected chi connectivity index (χ0v) is 7.88. The Labute approximate surface area is 78.5 Å². The molecular weight excluding hydrogens is 216 g/mol. The van der Waals surface area contributed by atoms with E-state index >= 15 is 0 Å². The Morgan fingerprint density at radius 2 is 2.00 bits per heavy atom. The molecule has 0 amide bonds. The van der Waals surface area contributed by atoms with Gasteiger partial charge in [0, 0.05) is 21.4 Å². The quantitative estimate of drug-likeness (QED) is 0.745. The van der Waals surface area contributed by atoms with Crippen molar-refractivity contribution in [3.63, 3.8) is 0 Å². The van der Waals surface area contributed by atoms with Crippen LogP contribution in [0.1, 0.15) is 0 Å². The number of benzene rings is 1. The first-order valence-electron chi connectivity index (χ1n) is 3.58. The zero-order valence-electron chi connectivity index (χ0n) is 6.29. The second-order valence-corrected chi connectivity index (χ2v) is 3.39. The van der Waals surface area contributed by atoms with E-state index in [4.69, 9.17) is 5.73 Å². The van der Waals surface area contributed by atoms with Gasteiger partial charge in [-0.1, -0.05) is 28.1 Å². The number of anilines is 1. The third-order valence-corrected chi connectivity index (χ3v) is 2.48. The van der Waals surface area contributed by atoms with Crippen molar-refractivity contribution in [3.05, 3.63) is 34.9 Å². The molecule has 2 aromatic rings. The van der Waals surface area contributed by atoms with E-state index in [1.54, 1.807) is 6.20 Å². The molecule has 0 aliphatic rings. The molecule has 3 heteroatoms. The lowest BCUT2D eigenvalue weighted by atomic mass is 10.2. The predicted molar refractivity (Wildman–Crippen MR) is 53.9 cm³/mol. The van der Waals surface area contributed by atoms with Crippen molar-refractivity contribution in [2.24, 2.45) is 0 Å². The number of pyridine rings is 1. The average Bonchev–Trinajstić information content (AvgIpc) is 2.07. The molecule has 0 saturated heterocycles. The Bertz CT molecular complexity index is 385. The Kier molecular flexibility index (Phi) is 1.73. The molecule has 2 rings (SSSR count). The van der Waals surface area contributed by atoms with E-state index in [1.807, 2.05) is 24.3 Å². The second kappa shape index (κ2) is 2.75. The molecule has 1 aromatic heterocycles. The van der Waals surface area contributed by atoms with E-state index in [0.717, 1.165) is 15.2 Å². The first-order chi connectivity index (χ1) is 5.79. The summed E-state index contributed by atoms with van der Waals surface area (Å²) in [5.41, 5.74) is 5.69. The molecule has 0 atom stereocenters. The average molecular weight is 223 g/mol. The minimum atomic E-state index is 0.578. The van der Waals surface area contributed by atoms with E-state index in [9.17, 15) is 0 Å². The summed E-state index contributed by atoms with van der Waals surface area (Å²) in [6, 6.07) is 7.84. The van der Waals surface area contributed by atoms with Crippen LogP contribution >= 0.6 is 15.9 Å². The first kappa shape index (κ1) is 7.55. The van der Waals surface area contributed by atoms with Crippen molar-refractivity contribution >= 4 is 32.5 Å². The van der Waals surface area contributed by atoms with Gasteiger partial charge in [0.2, 0.25) is 0 Å². The number of nitrogens with two attached hydrogens (primary N) is 1. The SMILES string of the molecule is Nc1nccc2c(Br)cccc12. The number of halogens is 1. The molecule has 0 unspecified atom stereocenters. The highest BCUT2D eigenvalue weighted by molar-refractivity contribution is 9.10. The van der Waals surface area contributed by atoms with Crippen molar-refractivity contribution in [2.45, 2.75) is 0 Å². The topological polar surface area (TPSA) is 38.9 Å². The van der Waals surface area contributed by atoms with Crippen molar-refractivity contribution < 1.29 is 0 Å². The fourth-order valence-electron chi connectivity index (χ4n) is 1.19. The summed E-state index contributed by atoms with van der Waals surface area (Å²) in [6.45, 7) is 0. The Balaban J connectivity index is 2.94. The van der Waals surface area contributed by atoms with E-state index in [1.165, 1.54) is 0 Å². The predicted octanol–water partition coefficient (Wildman–Crippen LogP) is 2.58. The van der Waals surface area contributed by atoms with Crippen LogP contribution in [0.4, 0.5) is 5.82 Å². The van der Waals surface area contributed by atoms with Crippen molar-refractivity contribution in [1.82, 2.24) is 4.98 Å². The molecule has 0 bridgehead atoms. The van der Waals surface area contributed by atoms with Gasteiger partial charge in [-0.05, 0) is 12.1 Å². The molecule has 12 heavy (non-hydrogen) atoms. The fourth-order valence-corrected chi connectivity index (χ4v) is 1.69. The van der Waals surface area contributed by atoms with Gasteiger partial charge in [0.05, 0.1) is 0 Å². The van der Waals surface area contributed by atoms with Gasteiger partial charge in [-0.2, -0.15) is 0 Å². The minimum Gasteiger partial charge on any atom is -0.383 e. The normalized spacial score (nSPS) is 10.4. The van der Waals surface area contributed by atoms with E-state index in [0.29, 0.717) is 5.82 Å². The lowest BCUT2D eigenvalue weighted by Crippen LogP contribution is -1.90. The Morgan fingerprint density at radius 3 is 2.75 bits per heavy atom. The summed E-state index contributed by atoms with van der Waals surface area (Å²) in [5, 5.41) is 2.09. The molecule has 1 heterocycles. The van der Waals surface area contributed by atoms with Gasteiger partial charge in [-0.3, -0.25) is 0 Å². The van der Waals surface area contributed by atoms with E-state index in [-0.39, 0.29) is 0 Å². The number of nitrogen functional groups attached to an aromatic ring is 1. The highest BCUT2D eigenvalue weighted by atomic mass is 79.9. The van der Waals surface area contributed by atoms with Crippen molar-refractivity contribution in [1.29, 1.82) is 0 Å². The maximum atomic E-state index is 5.69. The molecule has 0 fully saturated rings. The summed E-state index contributed by atoms with van der Waals surface area (Å²) < 4.78 is 1.05. The molecule has 0 aliphatic carbocycles. The maximum absolute atomic E-state index is 5.69. The zero-order chi connectivity index (χ0) is 8.55. The molecular formula is C9H7BrN2. The second-order valence-electron chi connectivity index (χ2n) is 2.53. The van der Waals surface area contributed by atoms with Gasteiger partial charge >= 0.3 is 0 Å².